The van der Waals surface area contributed by atoms with Gasteiger partial charge in [-0.2, -0.15) is 0 Å². The Bertz CT molecular complexity index is 795. The number of rotatable bonds is 7. The van der Waals surface area contributed by atoms with Crippen molar-refractivity contribution in [1.82, 2.24) is 15.2 Å². The summed E-state index contributed by atoms with van der Waals surface area (Å²) in [6.45, 7) is 4.56. The van der Waals surface area contributed by atoms with Crippen molar-refractivity contribution in [3.63, 3.8) is 0 Å². The highest BCUT2D eigenvalue weighted by atomic mass is 35.5. The number of hydrogen-bond donors (Lipinski definition) is 2. The van der Waals surface area contributed by atoms with Crippen molar-refractivity contribution >= 4 is 57.2 Å². The summed E-state index contributed by atoms with van der Waals surface area (Å²) in [5, 5.41) is 8.77. The number of thiazole rings is 1. The Kier molecular flexibility index (Phi) is 7.25. The molecule has 6 nitrogen and oxygen atoms in total. The number of nitrogens with one attached hydrogen (secondary N) is 2. The Morgan fingerprint density at radius 2 is 2.04 bits per heavy atom. The summed E-state index contributed by atoms with van der Waals surface area (Å²) in [6.07, 6.45) is 0. The number of carbonyl (C=O) groups is 2. The largest absolute Gasteiger partial charge is 0.354 e. The van der Waals surface area contributed by atoms with E-state index in [1.807, 2.05) is 13.8 Å². The highest BCUT2D eigenvalue weighted by Gasteiger charge is 2.18. The van der Waals surface area contributed by atoms with Gasteiger partial charge in [-0.05, 0) is 18.1 Å². The van der Waals surface area contributed by atoms with Crippen LogP contribution >= 0.6 is 34.5 Å². The van der Waals surface area contributed by atoms with Crippen LogP contribution < -0.4 is 10.6 Å². The van der Waals surface area contributed by atoms with Gasteiger partial charge in [-0.25, -0.2) is 4.98 Å². The summed E-state index contributed by atoms with van der Waals surface area (Å²) in [6, 6.07) is 5.22. The normalized spacial score (nSPS) is 10.7. The molecule has 2 N–H and O–H groups in total. The molecule has 0 radical (unpaired) electrons. The number of nitrogens with zero attached hydrogens (tertiary/aromatic N) is 2. The Balaban J connectivity index is 1.98. The first-order valence-corrected chi connectivity index (χ1v) is 9.60. The smallest absolute Gasteiger partial charge is 0.273 e. The molecule has 0 bridgehead atoms. The fourth-order valence-electron chi connectivity index (χ4n) is 2.00. The van der Waals surface area contributed by atoms with Crippen LogP contribution in [0.1, 0.15) is 24.3 Å². The lowest BCUT2D eigenvalue weighted by Crippen LogP contribution is -2.39. The average Bonchev–Trinajstić information content (AvgIpc) is 3.05. The second kappa shape index (κ2) is 9.21. The third-order valence-electron chi connectivity index (χ3n) is 3.35. The predicted octanol–water partition coefficient (Wildman–Crippen LogP) is 4.04. The molecule has 1 aromatic heterocycles. The van der Waals surface area contributed by atoms with Gasteiger partial charge in [0.2, 0.25) is 5.91 Å². The van der Waals surface area contributed by atoms with Crippen molar-refractivity contribution in [2.24, 2.45) is 5.92 Å². The van der Waals surface area contributed by atoms with E-state index in [1.54, 1.807) is 30.6 Å². The zero-order valence-electron chi connectivity index (χ0n) is 14.7. The van der Waals surface area contributed by atoms with Crippen molar-refractivity contribution in [2.45, 2.75) is 13.8 Å². The molecule has 0 atom stereocenters. The molecule has 0 fully saturated rings. The molecular weight excluding hydrogens is 395 g/mol. The summed E-state index contributed by atoms with van der Waals surface area (Å²) < 4.78 is 0. The van der Waals surface area contributed by atoms with Crippen LogP contribution in [0.4, 0.5) is 10.8 Å². The molecule has 0 saturated carbocycles. The predicted molar refractivity (Wildman–Crippen MR) is 107 cm³/mol. The van der Waals surface area contributed by atoms with Crippen molar-refractivity contribution in [3.8, 4) is 0 Å². The SMILES string of the molecule is CC(C)CNC(=O)CN(C)C(=O)c1csc(Nc2cccc(Cl)c2Cl)n1. The van der Waals surface area contributed by atoms with Crippen LogP contribution in [0.5, 0.6) is 0 Å². The maximum atomic E-state index is 12.4. The van der Waals surface area contributed by atoms with E-state index in [1.165, 1.54) is 16.2 Å². The molecule has 0 aliphatic heterocycles. The highest BCUT2D eigenvalue weighted by molar-refractivity contribution is 7.14. The number of amides is 2. The van der Waals surface area contributed by atoms with Gasteiger partial charge in [0.1, 0.15) is 5.69 Å². The molecule has 0 aliphatic rings. The van der Waals surface area contributed by atoms with Gasteiger partial charge in [0, 0.05) is 19.0 Å². The molecular formula is C17H20Cl2N4O2S. The first-order chi connectivity index (χ1) is 12.3. The van der Waals surface area contributed by atoms with Gasteiger partial charge in [0.25, 0.3) is 5.91 Å². The van der Waals surface area contributed by atoms with E-state index < -0.39 is 0 Å². The van der Waals surface area contributed by atoms with Crippen LogP contribution in [-0.2, 0) is 4.79 Å². The van der Waals surface area contributed by atoms with Crippen LogP contribution in [0.25, 0.3) is 0 Å². The molecule has 0 unspecified atom stereocenters. The van der Waals surface area contributed by atoms with Gasteiger partial charge < -0.3 is 15.5 Å². The Labute approximate surface area is 166 Å². The standard InChI is InChI=1S/C17H20Cl2N4O2S/c1-10(2)7-20-14(24)8-23(3)16(25)13-9-26-17(22-13)21-12-6-4-5-11(18)15(12)19/h4-6,9-10H,7-8H2,1-3H3,(H,20,24)(H,21,22). The fraction of sp³-hybridized carbons (Fsp3) is 0.353. The molecule has 0 saturated heterocycles. The highest BCUT2D eigenvalue weighted by Crippen LogP contribution is 2.32. The Morgan fingerprint density at radius 3 is 2.73 bits per heavy atom. The summed E-state index contributed by atoms with van der Waals surface area (Å²) in [5.74, 6) is -0.175. The van der Waals surface area contributed by atoms with Gasteiger partial charge in [0.15, 0.2) is 5.13 Å². The van der Waals surface area contributed by atoms with Crippen LogP contribution in [-0.4, -0.2) is 41.8 Å². The zero-order valence-corrected chi connectivity index (χ0v) is 17.0. The second-order valence-electron chi connectivity index (χ2n) is 6.12. The average molecular weight is 415 g/mol. The van der Waals surface area contributed by atoms with Gasteiger partial charge in [-0.1, -0.05) is 43.1 Å². The summed E-state index contributed by atoms with van der Waals surface area (Å²) in [4.78, 5) is 29.9. The van der Waals surface area contributed by atoms with Gasteiger partial charge >= 0.3 is 0 Å². The lowest BCUT2D eigenvalue weighted by atomic mass is 10.2. The molecule has 9 heteroatoms. The van der Waals surface area contributed by atoms with Crippen LogP contribution in [0.3, 0.4) is 0 Å². The molecule has 1 heterocycles. The van der Waals surface area contributed by atoms with E-state index in [9.17, 15) is 9.59 Å². The van der Waals surface area contributed by atoms with Crippen molar-refractivity contribution in [1.29, 1.82) is 0 Å². The number of anilines is 2. The first kappa shape index (κ1) is 20.5. The maximum Gasteiger partial charge on any atom is 0.273 e. The van der Waals surface area contributed by atoms with E-state index >= 15 is 0 Å². The van der Waals surface area contributed by atoms with E-state index in [4.69, 9.17) is 23.2 Å². The molecule has 2 aromatic rings. The quantitative estimate of drug-likeness (QED) is 0.716. The van der Waals surface area contributed by atoms with E-state index in [0.29, 0.717) is 33.3 Å². The number of benzene rings is 1. The van der Waals surface area contributed by atoms with E-state index in [-0.39, 0.29) is 24.1 Å². The third-order valence-corrected chi connectivity index (χ3v) is 4.93. The van der Waals surface area contributed by atoms with Gasteiger partial charge in [0.05, 0.1) is 22.3 Å². The lowest BCUT2D eigenvalue weighted by molar-refractivity contribution is -0.121. The van der Waals surface area contributed by atoms with Crippen LogP contribution in [0.15, 0.2) is 23.6 Å². The monoisotopic (exact) mass is 414 g/mol. The van der Waals surface area contributed by atoms with Gasteiger partial charge in [-0.15, -0.1) is 11.3 Å². The molecule has 2 amide bonds. The Hall–Kier alpha value is -1.83. The minimum Gasteiger partial charge on any atom is -0.354 e. The summed E-state index contributed by atoms with van der Waals surface area (Å²) in [5.41, 5.74) is 0.865. The topological polar surface area (TPSA) is 74.3 Å². The third kappa shape index (κ3) is 5.59. The minimum atomic E-state index is -0.328. The zero-order chi connectivity index (χ0) is 19.3. The maximum absolute atomic E-state index is 12.4. The molecule has 1 aromatic carbocycles. The molecule has 140 valence electrons. The Morgan fingerprint density at radius 1 is 1.31 bits per heavy atom. The number of aromatic nitrogens is 1. The van der Waals surface area contributed by atoms with E-state index in [0.717, 1.165) is 0 Å². The van der Waals surface area contributed by atoms with E-state index in [2.05, 4.69) is 15.6 Å². The number of hydrogen-bond acceptors (Lipinski definition) is 5. The summed E-state index contributed by atoms with van der Waals surface area (Å²) >= 11 is 13.4. The molecule has 0 spiro atoms. The number of halogens is 2. The molecule has 26 heavy (non-hydrogen) atoms. The molecule has 0 aliphatic carbocycles. The number of carbonyl (C=O) groups excluding carboxylic acids is 2. The van der Waals surface area contributed by atoms with Crippen molar-refractivity contribution < 1.29 is 9.59 Å². The fourth-order valence-corrected chi connectivity index (χ4v) is 3.05. The lowest BCUT2D eigenvalue weighted by Gasteiger charge is -2.16. The number of likely N-dealkylation sites (N-methyl/N-ethyl adjacent to an activating group) is 1. The second-order valence-corrected chi connectivity index (χ2v) is 7.77. The van der Waals surface area contributed by atoms with Crippen molar-refractivity contribution in [2.75, 3.05) is 25.5 Å². The minimum absolute atomic E-state index is 0.0219. The van der Waals surface area contributed by atoms with Crippen LogP contribution in [0.2, 0.25) is 10.0 Å². The first-order valence-electron chi connectivity index (χ1n) is 7.96. The van der Waals surface area contributed by atoms with Gasteiger partial charge in [-0.3, -0.25) is 9.59 Å². The summed E-state index contributed by atoms with van der Waals surface area (Å²) in [7, 11) is 1.57. The van der Waals surface area contributed by atoms with Crippen molar-refractivity contribution in [3.05, 3.63) is 39.3 Å². The molecule has 2 rings (SSSR count). The van der Waals surface area contributed by atoms with Crippen LogP contribution in [0, 0.1) is 5.92 Å².